The Hall–Kier alpha value is -1.16. The Kier molecular flexibility index (Phi) is 4.49. The zero-order valence-corrected chi connectivity index (χ0v) is 8.89. The summed E-state index contributed by atoms with van der Waals surface area (Å²) in [6.07, 6.45) is 0. The third-order valence-corrected chi connectivity index (χ3v) is 1.82. The number of para-hydroxylation sites is 1. The molecular weight excluding hydrogens is 200 g/mol. The van der Waals surface area contributed by atoms with Gasteiger partial charge in [0.1, 0.15) is 6.61 Å². The molecule has 0 spiro atoms. The summed E-state index contributed by atoms with van der Waals surface area (Å²) >= 11 is 0. The van der Waals surface area contributed by atoms with Gasteiger partial charge >= 0.3 is 0 Å². The molecule has 1 aromatic rings. The first kappa shape index (κ1) is 11.9. The lowest BCUT2D eigenvalue weighted by Gasteiger charge is -2.10. The molecule has 0 radical (unpaired) electrons. The van der Waals surface area contributed by atoms with Crippen LogP contribution in [0.25, 0.3) is 0 Å². The molecule has 0 aliphatic carbocycles. The Labute approximate surface area is 88.3 Å². The van der Waals surface area contributed by atoms with Crippen LogP contribution in [-0.4, -0.2) is 19.2 Å². The second kappa shape index (κ2) is 5.66. The van der Waals surface area contributed by atoms with Gasteiger partial charge in [-0.15, -0.1) is 0 Å². The molecule has 1 aromatic carbocycles. The summed E-state index contributed by atoms with van der Waals surface area (Å²) < 4.78 is 31.1. The van der Waals surface area contributed by atoms with Crippen molar-refractivity contribution < 1.29 is 13.5 Å². The standard InChI is InChI=1S/C11H15F2NO/c1-8(2)14-6-7-15-11-9(12)4-3-5-10(11)13/h3-5,8,14H,6-7H2,1-2H3. The number of hydrogen-bond acceptors (Lipinski definition) is 2. The molecule has 0 unspecified atom stereocenters. The van der Waals surface area contributed by atoms with Crippen molar-refractivity contribution in [1.82, 2.24) is 5.32 Å². The molecular formula is C11H15F2NO. The largest absolute Gasteiger partial charge is 0.486 e. The van der Waals surface area contributed by atoms with Gasteiger partial charge in [-0.25, -0.2) is 8.78 Å². The summed E-state index contributed by atoms with van der Waals surface area (Å²) in [5, 5.41) is 3.08. The number of hydrogen-bond donors (Lipinski definition) is 1. The second-order valence-corrected chi connectivity index (χ2v) is 3.51. The molecule has 84 valence electrons. The van der Waals surface area contributed by atoms with E-state index in [1.807, 2.05) is 13.8 Å². The van der Waals surface area contributed by atoms with Crippen LogP contribution < -0.4 is 10.1 Å². The van der Waals surface area contributed by atoms with Gasteiger partial charge in [0.2, 0.25) is 0 Å². The van der Waals surface area contributed by atoms with Gasteiger partial charge in [0.05, 0.1) is 0 Å². The molecule has 2 nitrogen and oxygen atoms in total. The van der Waals surface area contributed by atoms with E-state index in [0.717, 1.165) is 0 Å². The van der Waals surface area contributed by atoms with E-state index in [-0.39, 0.29) is 12.4 Å². The minimum absolute atomic E-state index is 0.246. The van der Waals surface area contributed by atoms with Crippen molar-refractivity contribution in [2.45, 2.75) is 19.9 Å². The third-order valence-electron chi connectivity index (χ3n) is 1.82. The van der Waals surface area contributed by atoms with E-state index in [1.54, 1.807) is 0 Å². The quantitative estimate of drug-likeness (QED) is 0.761. The minimum Gasteiger partial charge on any atom is -0.486 e. The maximum atomic E-state index is 13.1. The molecule has 1 rings (SSSR count). The predicted molar refractivity (Wildman–Crippen MR) is 55.0 cm³/mol. The number of nitrogens with one attached hydrogen (secondary N) is 1. The van der Waals surface area contributed by atoms with Crippen molar-refractivity contribution in [3.8, 4) is 5.75 Å². The average molecular weight is 215 g/mol. The minimum atomic E-state index is -0.667. The highest BCUT2D eigenvalue weighted by molar-refractivity contribution is 5.25. The van der Waals surface area contributed by atoms with Gasteiger partial charge in [0.15, 0.2) is 17.4 Å². The highest BCUT2D eigenvalue weighted by Gasteiger charge is 2.08. The lowest BCUT2D eigenvalue weighted by Crippen LogP contribution is -2.27. The van der Waals surface area contributed by atoms with Gasteiger partial charge in [-0.1, -0.05) is 19.9 Å². The maximum absolute atomic E-state index is 13.1. The van der Waals surface area contributed by atoms with E-state index in [4.69, 9.17) is 4.74 Å². The first-order chi connectivity index (χ1) is 7.11. The summed E-state index contributed by atoms with van der Waals surface area (Å²) in [5.41, 5.74) is 0. The Morgan fingerprint density at radius 1 is 1.27 bits per heavy atom. The fraction of sp³-hybridized carbons (Fsp3) is 0.455. The van der Waals surface area contributed by atoms with Crippen LogP contribution in [0.15, 0.2) is 18.2 Å². The van der Waals surface area contributed by atoms with Crippen molar-refractivity contribution >= 4 is 0 Å². The lowest BCUT2D eigenvalue weighted by atomic mass is 10.3. The molecule has 0 bridgehead atoms. The summed E-state index contributed by atoms with van der Waals surface area (Å²) in [4.78, 5) is 0. The molecule has 0 aliphatic heterocycles. The van der Waals surface area contributed by atoms with Gasteiger partial charge in [-0.2, -0.15) is 0 Å². The maximum Gasteiger partial charge on any atom is 0.190 e. The van der Waals surface area contributed by atoms with Crippen LogP contribution >= 0.6 is 0 Å². The van der Waals surface area contributed by atoms with Crippen LogP contribution in [0.2, 0.25) is 0 Å². The zero-order valence-electron chi connectivity index (χ0n) is 8.89. The molecule has 0 saturated carbocycles. The number of rotatable bonds is 5. The lowest BCUT2D eigenvalue weighted by molar-refractivity contribution is 0.279. The monoisotopic (exact) mass is 215 g/mol. The molecule has 0 aliphatic rings. The van der Waals surface area contributed by atoms with Crippen molar-refractivity contribution in [1.29, 1.82) is 0 Å². The van der Waals surface area contributed by atoms with Gasteiger partial charge in [-0.05, 0) is 12.1 Å². The van der Waals surface area contributed by atoms with E-state index >= 15 is 0 Å². The molecule has 0 fully saturated rings. The Morgan fingerprint density at radius 2 is 1.87 bits per heavy atom. The highest BCUT2D eigenvalue weighted by atomic mass is 19.1. The zero-order chi connectivity index (χ0) is 11.3. The number of ether oxygens (including phenoxy) is 1. The molecule has 0 aromatic heterocycles. The van der Waals surface area contributed by atoms with Crippen molar-refractivity contribution in [3.63, 3.8) is 0 Å². The number of halogens is 2. The van der Waals surface area contributed by atoms with Crippen molar-refractivity contribution in [2.24, 2.45) is 0 Å². The molecule has 0 amide bonds. The summed E-state index contributed by atoms with van der Waals surface area (Å²) in [6.45, 7) is 4.79. The Balaban J connectivity index is 2.43. The molecule has 1 N–H and O–H groups in total. The topological polar surface area (TPSA) is 21.3 Å². The van der Waals surface area contributed by atoms with Crippen LogP contribution in [0.3, 0.4) is 0 Å². The van der Waals surface area contributed by atoms with Crippen molar-refractivity contribution in [2.75, 3.05) is 13.2 Å². The van der Waals surface area contributed by atoms with E-state index in [2.05, 4.69) is 5.32 Å². The van der Waals surface area contributed by atoms with Crippen LogP contribution in [0, 0.1) is 11.6 Å². The normalized spacial score (nSPS) is 10.7. The highest BCUT2D eigenvalue weighted by Crippen LogP contribution is 2.20. The van der Waals surface area contributed by atoms with E-state index in [0.29, 0.717) is 12.6 Å². The molecule has 0 saturated heterocycles. The fourth-order valence-corrected chi connectivity index (χ4v) is 1.12. The fourth-order valence-electron chi connectivity index (χ4n) is 1.12. The number of benzene rings is 1. The van der Waals surface area contributed by atoms with Crippen LogP contribution in [0.4, 0.5) is 8.78 Å². The second-order valence-electron chi connectivity index (χ2n) is 3.51. The summed E-state index contributed by atoms with van der Waals surface area (Å²) in [5.74, 6) is -1.64. The Bertz CT molecular complexity index is 295. The average Bonchev–Trinajstić information content (AvgIpc) is 2.15. The summed E-state index contributed by atoms with van der Waals surface area (Å²) in [6, 6.07) is 3.99. The van der Waals surface area contributed by atoms with Gasteiger partial charge in [-0.3, -0.25) is 0 Å². The predicted octanol–water partition coefficient (Wildman–Crippen LogP) is 2.34. The van der Waals surface area contributed by atoms with E-state index in [9.17, 15) is 8.78 Å². The molecule has 4 heteroatoms. The van der Waals surface area contributed by atoms with Crippen LogP contribution in [0.5, 0.6) is 5.75 Å². The van der Waals surface area contributed by atoms with Gasteiger partial charge in [0.25, 0.3) is 0 Å². The van der Waals surface area contributed by atoms with E-state index < -0.39 is 11.6 Å². The van der Waals surface area contributed by atoms with E-state index in [1.165, 1.54) is 18.2 Å². The molecule has 0 atom stereocenters. The van der Waals surface area contributed by atoms with Gasteiger partial charge in [0, 0.05) is 12.6 Å². The van der Waals surface area contributed by atoms with Crippen LogP contribution in [0.1, 0.15) is 13.8 Å². The van der Waals surface area contributed by atoms with Crippen molar-refractivity contribution in [3.05, 3.63) is 29.8 Å². The third kappa shape index (κ3) is 3.83. The Morgan fingerprint density at radius 3 is 2.40 bits per heavy atom. The summed E-state index contributed by atoms with van der Waals surface area (Å²) in [7, 11) is 0. The smallest absolute Gasteiger partial charge is 0.190 e. The first-order valence-corrected chi connectivity index (χ1v) is 4.91. The van der Waals surface area contributed by atoms with Crippen LogP contribution in [-0.2, 0) is 0 Å². The van der Waals surface area contributed by atoms with Gasteiger partial charge < -0.3 is 10.1 Å². The molecule has 15 heavy (non-hydrogen) atoms. The SMILES string of the molecule is CC(C)NCCOc1c(F)cccc1F. The molecule has 0 heterocycles. The first-order valence-electron chi connectivity index (χ1n) is 4.91.